The summed E-state index contributed by atoms with van der Waals surface area (Å²) in [6.07, 6.45) is 0. The third-order valence-corrected chi connectivity index (χ3v) is 5.57. The van der Waals surface area contributed by atoms with Gasteiger partial charge in [0.1, 0.15) is 0 Å². The highest BCUT2D eigenvalue weighted by Crippen LogP contribution is 2.42. The minimum absolute atomic E-state index is 1.35. The fourth-order valence-corrected chi connectivity index (χ4v) is 4.65. The molecule has 0 aliphatic rings. The quantitative estimate of drug-likeness (QED) is 0.509. The maximum absolute atomic E-state index is 2.29. The van der Waals surface area contributed by atoms with Crippen LogP contribution < -0.4 is 0 Å². The van der Waals surface area contributed by atoms with E-state index in [-0.39, 0.29) is 0 Å². The lowest BCUT2D eigenvalue weighted by Crippen LogP contribution is -1.67. The number of rotatable bonds is 0. The van der Waals surface area contributed by atoms with Gasteiger partial charge in [-0.1, -0.05) is 12.1 Å². The molecule has 0 radical (unpaired) electrons. The topological polar surface area (TPSA) is 0 Å². The first-order valence-electron chi connectivity index (χ1n) is 5.05. The van der Waals surface area contributed by atoms with E-state index >= 15 is 0 Å². The van der Waals surface area contributed by atoms with E-state index in [2.05, 4.69) is 39.0 Å². The molecule has 1 aromatic carbocycles. The highest BCUT2D eigenvalue weighted by Gasteiger charge is 2.11. The van der Waals surface area contributed by atoms with Crippen LogP contribution in [0.4, 0.5) is 0 Å². The molecule has 0 saturated carbocycles. The summed E-state index contributed by atoms with van der Waals surface area (Å²) in [6.45, 7) is 6.61. The zero-order valence-corrected chi connectivity index (χ0v) is 10.7. The number of hydrogen-bond donors (Lipinski definition) is 0. The van der Waals surface area contributed by atoms with Gasteiger partial charge >= 0.3 is 0 Å². The van der Waals surface area contributed by atoms with E-state index in [1.807, 2.05) is 22.7 Å². The predicted molar refractivity (Wildman–Crippen MR) is 71.4 cm³/mol. The Morgan fingerprint density at radius 3 is 2.53 bits per heavy atom. The standard InChI is InChI=1S/C13H12S2/c1-7-4-5-10-11(6-7)15-12-8(2)9(3)14-13(10)12/h4-6H,1-3H3. The normalized spacial score (nSPS) is 11.7. The molecule has 15 heavy (non-hydrogen) atoms. The van der Waals surface area contributed by atoms with Crippen LogP contribution in [0.15, 0.2) is 18.2 Å². The summed E-state index contributed by atoms with van der Waals surface area (Å²) in [5.41, 5.74) is 2.82. The SMILES string of the molecule is Cc1ccc2c(c1)sc1c(C)c(C)sc12. The average molecular weight is 232 g/mol. The van der Waals surface area contributed by atoms with Gasteiger partial charge in [-0.3, -0.25) is 0 Å². The van der Waals surface area contributed by atoms with Gasteiger partial charge in [-0.05, 0) is 38.0 Å². The number of aryl methyl sites for hydroxylation is 3. The number of hydrogen-bond acceptors (Lipinski definition) is 2. The second-order valence-electron chi connectivity index (χ2n) is 4.04. The summed E-state index contributed by atoms with van der Waals surface area (Å²) in [5, 5.41) is 1.43. The van der Waals surface area contributed by atoms with Gasteiger partial charge < -0.3 is 0 Å². The van der Waals surface area contributed by atoms with E-state index in [4.69, 9.17) is 0 Å². The van der Waals surface area contributed by atoms with E-state index in [1.165, 1.54) is 35.5 Å². The van der Waals surface area contributed by atoms with Crippen molar-refractivity contribution >= 4 is 42.2 Å². The molecule has 2 aromatic heterocycles. The molecule has 2 heteroatoms. The highest BCUT2D eigenvalue weighted by atomic mass is 32.1. The van der Waals surface area contributed by atoms with Gasteiger partial charge in [0.25, 0.3) is 0 Å². The Kier molecular flexibility index (Phi) is 1.91. The lowest BCUT2D eigenvalue weighted by atomic mass is 10.2. The first-order valence-corrected chi connectivity index (χ1v) is 6.69. The Morgan fingerprint density at radius 1 is 0.933 bits per heavy atom. The fraction of sp³-hybridized carbons (Fsp3) is 0.231. The maximum Gasteiger partial charge on any atom is 0.0534 e. The largest absolute Gasteiger partial charge is 0.139 e. The summed E-state index contributed by atoms with van der Waals surface area (Å²) in [6, 6.07) is 6.76. The minimum Gasteiger partial charge on any atom is -0.139 e. The third-order valence-electron chi connectivity index (χ3n) is 2.92. The smallest absolute Gasteiger partial charge is 0.0534 e. The van der Waals surface area contributed by atoms with Crippen molar-refractivity contribution in [1.82, 2.24) is 0 Å². The van der Waals surface area contributed by atoms with Gasteiger partial charge in [-0.2, -0.15) is 0 Å². The Morgan fingerprint density at radius 2 is 1.73 bits per heavy atom. The molecule has 2 heterocycles. The Bertz CT molecular complexity index is 656. The Labute approximate surface area is 97.2 Å². The second kappa shape index (κ2) is 3.06. The predicted octanol–water partition coefficient (Wildman–Crippen LogP) is 5.04. The van der Waals surface area contributed by atoms with Gasteiger partial charge in [-0.25, -0.2) is 0 Å². The molecule has 0 amide bonds. The van der Waals surface area contributed by atoms with Crippen molar-refractivity contribution in [2.24, 2.45) is 0 Å². The van der Waals surface area contributed by atoms with E-state index in [1.54, 1.807) is 0 Å². The second-order valence-corrected chi connectivity index (χ2v) is 6.32. The summed E-state index contributed by atoms with van der Waals surface area (Å²) < 4.78 is 4.39. The van der Waals surface area contributed by atoms with Crippen LogP contribution in [0.3, 0.4) is 0 Å². The molecule has 3 aromatic rings. The molecule has 0 saturated heterocycles. The molecule has 3 rings (SSSR count). The van der Waals surface area contributed by atoms with Crippen LogP contribution >= 0.6 is 22.7 Å². The Hall–Kier alpha value is -0.860. The van der Waals surface area contributed by atoms with Crippen molar-refractivity contribution < 1.29 is 0 Å². The lowest BCUT2D eigenvalue weighted by molar-refractivity contribution is 1.48. The van der Waals surface area contributed by atoms with E-state index < -0.39 is 0 Å². The van der Waals surface area contributed by atoms with Gasteiger partial charge in [0.15, 0.2) is 0 Å². The summed E-state index contributed by atoms with van der Waals surface area (Å²) in [5.74, 6) is 0. The maximum atomic E-state index is 2.29. The van der Waals surface area contributed by atoms with Crippen LogP contribution in [0.2, 0.25) is 0 Å². The van der Waals surface area contributed by atoms with E-state index in [9.17, 15) is 0 Å². The monoisotopic (exact) mass is 232 g/mol. The summed E-state index contributed by atoms with van der Waals surface area (Å²) >= 11 is 3.86. The molecule has 0 nitrogen and oxygen atoms in total. The van der Waals surface area contributed by atoms with Gasteiger partial charge in [0.05, 0.1) is 4.70 Å². The molecule has 0 aliphatic heterocycles. The van der Waals surface area contributed by atoms with Gasteiger partial charge in [0.2, 0.25) is 0 Å². The molecular formula is C13H12S2. The van der Waals surface area contributed by atoms with Crippen molar-refractivity contribution in [3.63, 3.8) is 0 Å². The first-order chi connectivity index (χ1) is 7.16. The molecular weight excluding hydrogens is 220 g/mol. The zero-order chi connectivity index (χ0) is 10.6. The van der Waals surface area contributed by atoms with E-state index in [0.717, 1.165) is 0 Å². The molecule has 0 N–H and O–H groups in total. The Balaban J connectivity index is 2.54. The molecule has 0 spiro atoms. The van der Waals surface area contributed by atoms with Gasteiger partial charge in [0, 0.05) is 19.7 Å². The van der Waals surface area contributed by atoms with E-state index in [0.29, 0.717) is 0 Å². The summed E-state index contributed by atoms with van der Waals surface area (Å²) in [4.78, 5) is 1.46. The first kappa shape index (κ1) is 9.37. The molecule has 0 bridgehead atoms. The molecule has 76 valence electrons. The zero-order valence-electron chi connectivity index (χ0n) is 9.05. The molecule has 0 unspecified atom stereocenters. The van der Waals surface area contributed by atoms with Crippen molar-refractivity contribution in [3.05, 3.63) is 34.2 Å². The van der Waals surface area contributed by atoms with Crippen molar-refractivity contribution in [3.8, 4) is 0 Å². The fourth-order valence-electron chi connectivity index (χ4n) is 1.92. The van der Waals surface area contributed by atoms with Crippen molar-refractivity contribution in [1.29, 1.82) is 0 Å². The van der Waals surface area contributed by atoms with Crippen LogP contribution in [-0.2, 0) is 0 Å². The molecule has 0 fully saturated rings. The van der Waals surface area contributed by atoms with Crippen LogP contribution in [0, 0.1) is 20.8 Å². The minimum atomic E-state index is 1.35. The number of benzene rings is 1. The average Bonchev–Trinajstić information content (AvgIpc) is 2.66. The number of fused-ring (bicyclic) bond motifs is 3. The van der Waals surface area contributed by atoms with Crippen molar-refractivity contribution in [2.75, 3.05) is 0 Å². The number of thiophene rings is 2. The van der Waals surface area contributed by atoms with Crippen LogP contribution in [-0.4, -0.2) is 0 Å². The van der Waals surface area contributed by atoms with Crippen LogP contribution in [0.5, 0.6) is 0 Å². The highest BCUT2D eigenvalue weighted by molar-refractivity contribution is 7.33. The van der Waals surface area contributed by atoms with Crippen LogP contribution in [0.25, 0.3) is 19.5 Å². The van der Waals surface area contributed by atoms with Crippen LogP contribution in [0.1, 0.15) is 16.0 Å². The molecule has 0 aliphatic carbocycles. The lowest BCUT2D eigenvalue weighted by Gasteiger charge is -1.92. The molecule has 0 atom stereocenters. The van der Waals surface area contributed by atoms with Gasteiger partial charge in [-0.15, -0.1) is 22.7 Å². The summed E-state index contributed by atoms with van der Waals surface area (Å²) in [7, 11) is 0. The van der Waals surface area contributed by atoms with Crippen molar-refractivity contribution in [2.45, 2.75) is 20.8 Å². The third kappa shape index (κ3) is 1.25.